The molecule has 2 aliphatic rings. The fourth-order valence-electron chi connectivity index (χ4n) is 4.48. The number of hydrogen-bond donors (Lipinski definition) is 8. The van der Waals surface area contributed by atoms with Crippen LogP contribution in [0.25, 0.3) is 0 Å². The van der Waals surface area contributed by atoms with Crippen LogP contribution in [0.5, 0.6) is 0 Å². The molecule has 8 N–H and O–H groups in total. The van der Waals surface area contributed by atoms with Gasteiger partial charge in [-0.05, 0) is 46.5 Å². The standard InChI is InChI=1S/C27H46O12/c1-6-14(2)8-7-9-15(3)10-11-18(27(4,5)35)38-25-23(34)21(32)24(17(13-29)37-25)39-26-22(33)20(31)19(30)16(12-28)36-26/h6,9,16-26,28-35H,1-2,7-8,10-13H2,3-5H3/b15-9+/t16-,17-,18-,19-,20+,21-,22-,23-,24-,25+,26+/m1/s1. The van der Waals surface area contributed by atoms with E-state index < -0.39 is 86.3 Å². The largest absolute Gasteiger partial charge is 0.394 e. The van der Waals surface area contributed by atoms with Gasteiger partial charge in [-0.25, -0.2) is 0 Å². The number of hydrogen-bond acceptors (Lipinski definition) is 12. The van der Waals surface area contributed by atoms with Crippen LogP contribution in [0.2, 0.25) is 0 Å². The zero-order valence-corrected chi connectivity index (χ0v) is 22.9. The van der Waals surface area contributed by atoms with Gasteiger partial charge >= 0.3 is 0 Å². The van der Waals surface area contributed by atoms with Crippen LogP contribution in [-0.2, 0) is 18.9 Å². The van der Waals surface area contributed by atoms with Gasteiger partial charge in [-0.3, -0.25) is 0 Å². The van der Waals surface area contributed by atoms with Gasteiger partial charge in [0.15, 0.2) is 12.6 Å². The first kappa shape index (κ1) is 33.9. The number of allylic oxidation sites excluding steroid dienone is 4. The van der Waals surface area contributed by atoms with Crippen molar-refractivity contribution in [2.75, 3.05) is 13.2 Å². The quantitative estimate of drug-likeness (QED) is 0.0952. The lowest BCUT2D eigenvalue weighted by molar-refractivity contribution is -0.366. The van der Waals surface area contributed by atoms with Crippen LogP contribution < -0.4 is 0 Å². The van der Waals surface area contributed by atoms with Crippen molar-refractivity contribution in [1.29, 1.82) is 0 Å². The highest BCUT2D eigenvalue weighted by molar-refractivity contribution is 5.12. The summed E-state index contributed by atoms with van der Waals surface area (Å²) in [6.45, 7) is 11.3. The van der Waals surface area contributed by atoms with E-state index in [4.69, 9.17) is 18.9 Å². The molecule has 2 saturated heterocycles. The highest BCUT2D eigenvalue weighted by Gasteiger charge is 2.51. The molecular weight excluding hydrogens is 516 g/mol. The molecule has 39 heavy (non-hydrogen) atoms. The molecule has 0 unspecified atom stereocenters. The molecule has 0 amide bonds. The first-order valence-corrected chi connectivity index (χ1v) is 13.2. The summed E-state index contributed by atoms with van der Waals surface area (Å²) in [5, 5.41) is 81.9. The molecule has 12 nitrogen and oxygen atoms in total. The van der Waals surface area contributed by atoms with Crippen molar-refractivity contribution >= 4 is 0 Å². The summed E-state index contributed by atoms with van der Waals surface area (Å²) in [4.78, 5) is 0. The molecule has 2 heterocycles. The van der Waals surface area contributed by atoms with Crippen molar-refractivity contribution in [3.8, 4) is 0 Å². The van der Waals surface area contributed by atoms with Gasteiger partial charge < -0.3 is 59.8 Å². The molecule has 2 aliphatic heterocycles. The second-order valence-electron chi connectivity index (χ2n) is 10.8. The molecule has 0 aromatic rings. The van der Waals surface area contributed by atoms with Crippen molar-refractivity contribution in [2.24, 2.45) is 0 Å². The SMILES string of the molecule is C=CC(=C)CC/C=C(\C)CC[C@@H](O[C@@H]1O[C@H](CO)[C@@H](O[C@@H]2O[C@H](CO)[C@@H](O)[C@H](O)[C@H]2O)[C@H](O)[C@H]1O)C(C)(C)O. The highest BCUT2D eigenvalue weighted by Crippen LogP contribution is 2.32. The summed E-state index contributed by atoms with van der Waals surface area (Å²) in [6, 6.07) is 0. The Morgan fingerprint density at radius 1 is 0.897 bits per heavy atom. The molecule has 0 spiro atoms. The van der Waals surface area contributed by atoms with Gasteiger partial charge in [0, 0.05) is 0 Å². The van der Waals surface area contributed by atoms with E-state index in [1.54, 1.807) is 19.9 Å². The van der Waals surface area contributed by atoms with Crippen molar-refractivity contribution < 1.29 is 59.8 Å². The lowest BCUT2D eigenvalue weighted by Gasteiger charge is -2.46. The monoisotopic (exact) mass is 562 g/mol. The Labute approximate surface area is 229 Å². The maximum atomic E-state index is 10.8. The molecule has 0 bridgehead atoms. The first-order valence-electron chi connectivity index (χ1n) is 13.2. The molecule has 2 fully saturated rings. The smallest absolute Gasteiger partial charge is 0.187 e. The summed E-state index contributed by atoms with van der Waals surface area (Å²) in [6.07, 6.45) is -10.0. The fraction of sp³-hybridized carbons (Fsp3) is 0.778. The van der Waals surface area contributed by atoms with Crippen molar-refractivity contribution in [1.82, 2.24) is 0 Å². The van der Waals surface area contributed by atoms with Gasteiger partial charge in [0.25, 0.3) is 0 Å². The second-order valence-corrected chi connectivity index (χ2v) is 10.8. The van der Waals surface area contributed by atoms with E-state index in [0.29, 0.717) is 12.8 Å². The maximum absolute atomic E-state index is 10.8. The molecule has 0 aromatic heterocycles. The summed E-state index contributed by atoms with van der Waals surface area (Å²) in [5.74, 6) is 0. The minimum Gasteiger partial charge on any atom is -0.394 e. The molecule has 11 atom stereocenters. The van der Waals surface area contributed by atoms with Crippen LogP contribution in [0.1, 0.15) is 46.5 Å². The van der Waals surface area contributed by atoms with Crippen LogP contribution in [0, 0.1) is 0 Å². The van der Waals surface area contributed by atoms with E-state index in [2.05, 4.69) is 19.2 Å². The molecule has 226 valence electrons. The molecule has 2 rings (SSSR count). The highest BCUT2D eigenvalue weighted by atomic mass is 16.7. The summed E-state index contributed by atoms with van der Waals surface area (Å²) < 4.78 is 22.5. The Bertz CT molecular complexity index is 807. The Hall–Kier alpha value is -1.26. The topological polar surface area (TPSA) is 199 Å². The molecule has 0 aliphatic carbocycles. The lowest BCUT2D eigenvalue weighted by atomic mass is 9.94. The molecule has 12 heteroatoms. The third-order valence-electron chi connectivity index (χ3n) is 7.09. The molecular formula is C27H46O12. The summed E-state index contributed by atoms with van der Waals surface area (Å²) in [5.41, 5.74) is 0.659. The number of aliphatic hydroxyl groups excluding tert-OH is 7. The minimum atomic E-state index is -1.76. The fourth-order valence-corrected chi connectivity index (χ4v) is 4.48. The van der Waals surface area contributed by atoms with Crippen LogP contribution >= 0.6 is 0 Å². The van der Waals surface area contributed by atoms with Gasteiger partial charge in [0.2, 0.25) is 0 Å². The van der Waals surface area contributed by atoms with Crippen LogP contribution in [0.4, 0.5) is 0 Å². The second kappa shape index (κ2) is 15.1. The van der Waals surface area contributed by atoms with Crippen LogP contribution in [0.3, 0.4) is 0 Å². The Morgan fingerprint density at radius 2 is 1.49 bits per heavy atom. The Morgan fingerprint density at radius 3 is 2.05 bits per heavy atom. The predicted octanol–water partition coefficient (Wildman–Crippen LogP) is -0.984. The third kappa shape index (κ3) is 9.12. The van der Waals surface area contributed by atoms with Gasteiger partial charge in [-0.1, -0.05) is 36.5 Å². The lowest BCUT2D eigenvalue weighted by Crippen LogP contribution is -2.65. The average Bonchev–Trinajstić information content (AvgIpc) is 2.89. The normalized spacial score (nSPS) is 36.9. The first-order chi connectivity index (χ1) is 18.2. The van der Waals surface area contributed by atoms with E-state index in [-0.39, 0.29) is 0 Å². The molecule has 0 saturated carbocycles. The Kier molecular flexibility index (Phi) is 13.1. The third-order valence-corrected chi connectivity index (χ3v) is 7.09. The summed E-state index contributed by atoms with van der Waals surface area (Å²) in [7, 11) is 0. The van der Waals surface area contributed by atoms with E-state index in [1.165, 1.54) is 0 Å². The van der Waals surface area contributed by atoms with E-state index in [9.17, 15) is 40.9 Å². The van der Waals surface area contributed by atoms with Gasteiger partial charge in [0.1, 0.15) is 48.8 Å². The van der Waals surface area contributed by atoms with Crippen molar-refractivity contribution in [3.05, 3.63) is 36.5 Å². The van der Waals surface area contributed by atoms with Crippen LogP contribution in [-0.4, -0.2) is 127 Å². The van der Waals surface area contributed by atoms with E-state index in [1.807, 2.05) is 6.92 Å². The van der Waals surface area contributed by atoms with Gasteiger partial charge in [0.05, 0.1) is 24.9 Å². The maximum Gasteiger partial charge on any atom is 0.187 e. The zero-order valence-electron chi connectivity index (χ0n) is 22.9. The summed E-state index contributed by atoms with van der Waals surface area (Å²) >= 11 is 0. The van der Waals surface area contributed by atoms with Gasteiger partial charge in [-0.2, -0.15) is 0 Å². The minimum absolute atomic E-state index is 0.367. The Balaban J connectivity index is 2.08. The van der Waals surface area contributed by atoms with E-state index in [0.717, 1.165) is 24.0 Å². The molecule has 0 aromatic carbocycles. The van der Waals surface area contributed by atoms with Gasteiger partial charge in [-0.15, -0.1) is 0 Å². The number of aliphatic hydroxyl groups is 8. The predicted molar refractivity (Wildman–Crippen MR) is 139 cm³/mol. The van der Waals surface area contributed by atoms with Crippen molar-refractivity contribution in [3.63, 3.8) is 0 Å². The van der Waals surface area contributed by atoms with E-state index >= 15 is 0 Å². The molecule has 0 radical (unpaired) electrons. The zero-order chi connectivity index (χ0) is 29.5. The van der Waals surface area contributed by atoms with Crippen LogP contribution in [0.15, 0.2) is 36.5 Å². The number of rotatable bonds is 14. The van der Waals surface area contributed by atoms with Crippen molar-refractivity contribution in [2.45, 2.75) is 120 Å². The number of ether oxygens (including phenoxy) is 4. The average molecular weight is 563 g/mol.